The molecule has 0 aromatic carbocycles. The van der Waals surface area contributed by atoms with E-state index < -0.39 is 5.97 Å². The van der Waals surface area contributed by atoms with Gasteiger partial charge in [-0.05, 0) is 42.0 Å². The lowest BCUT2D eigenvalue weighted by Gasteiger charge is -2.42. The van der Waals surface area contributed by atoms with Gasteiger partial charge in [-0.2, -0.15) is 0 Å². The number of likely N-dealkylation sites (tertiary alicyclic amines) is 1. The molecule has 4 heterocycles. The number of aromatic nitrogens is 1. The van der Waals surface area contributed by atoms with Gasteiger partial charge in [0.15, 0.2) is 0 Å². The third-order valence-electron chi connectivity index (χ3n) is 7.44. The molecule has 2 aliphatic carbocycles. The molecule has 0 spiro atoms. The average Bonchev–Trinajstić information content (AvgIpc) is 3.51. The van der Waals surface area contributed by atoms with Crippen LogP contribution in [0.4, 0.5) is 0 Å². The lowest BCUT2D eigenvalue weighted by atomic mass is 9.69. The lowest BCUT2D eigenvalue weighted by Crippen LogP contribution is -2.42. The molecular formula is C21H20N2O5S3. The number of H-pyrrole nitrogens is 1. The topological polar surface area (TPSA) is 108 Å². The zero-order valence-electron chi connectivity index (χ0n) is 16.4. The van der Waals surface area contributed by atoms with E-state index in [1.165, 1.54) is 21.1 Å². The number of aliphatic carboxylic acids is 1. The first-order valence-corrected chi connectivity index (χ1v) is 13.0. The number of fused-ring (bicyclic) bond motifs is 9. The van der Waals surface area contributed by atoms with Crippen LogP contribution < -0.4 is 4.87 Å². The minimum atomic E-state index is -0.916. The second-order valence-electron chi connectivity index (χ2n) is 8.80. The van der Waals surface area contributed by atoms with E-state index in [0.29, 0.717) is 6.42 Å². The van der Waals surface area contributed by atoms with Gasteiger partial charge in [-0.25, -0.2) is 0 Å². The van der Waals surface area contributed by atoms with E-state index in [2.05, 4.69) is 11.1 Å². The molecule has 6 rings (SSSR count). The fourth-order valence-corrected chi connectivity index (χ4v) is 10.3. The van der Waals surface area contributed by atoms with Gasteiger partial charge in [0, 0.05) is 33.9 Å². The highest BCUT2D eigenvalue weighted by atomic mass is 32.2. The smallest absolute Gasteiger partial charge is 0.305 e. The van der Waals surface area contributed by atoms with Crippen molar-refractivity contribution in [3.05, 3.63) is 36.9 Å². The molecule has 4 aliphatic rings. The van der Waals surface area contributed by atoms with Gasteiger partial charge < -0.3 is 10.1 Å². The molecule has 2 aromatic heterocycles. The summed E-state index contributed by atoms with van der Waals surface area (Å²) < 4.78 is 0. The molecule has 3 fully saturated rings. The fourth-order valence-electron chi connectivity index (χ4n) is 6.47. The Balaban J connectivity index is 1.36. The Bertz CT molecular complexity index is 1140. The molecule has 0 radical (unpaired) electrons. The lowest BCUT2D eigenvalue weighted by molar-refractivity contribution is -0.142. The number of thiazole rings is 1. The van der Waals surface area contributed by atoms with Gasteiger partial charge in [-0.3, -0.25) is 24.1 Å². The molecular weight excluding hydrogens is 456 g/mol. The van der Waals surface area contributed by atoms with Crippen LogP contribution in [-0.2, 0) is 14.4 Å². The first-order chi connectivity index (χ1) is 15.0. The van der Waals surface area contributed by atoms with E-state index in [4.69, 9.17) is 5.11 Å². The molecule has 0 unspecified atom stereocenters. The van der Waals surface area contributed by atoms with E-state index in [9.17, 15) is 19.2 Å². The average molecular weight is 477 g/mol. The molecule has 7 atom stereocenters. The monoisotopic (exact) mass is 476 g/mol. The summed E-state index contributed by atoms with van der Waals surface area (Å²) in [5.41, 5.74) is 0. The van der Waals surface area contributed by atoms with E-state index >= 15 is 0 Å². The van der Waals surface area contributed by atoms with Crippen LogP contribution >= 0.6 is 34.4 Å². The van der Waals surface area contributed by atoms with Crippen LogP contribution in [0.3, 0.4) is 0 Å². The highest BCUT2D eigenvalue weighted by Crippen LogP contribution is 2.68. The number of thiophene rings is 1. The van der Waals surface area contributed by atoms with Crippen LogP contribution in [0.15, 0.2) is 27.3 Å². The van der Waals surface area contributed by atoms with Gasteiger partial charge >= 0.3 is 10.8 Å². The van der Waals surface area contributed by atoms with Gasteiger partial charge in [0.05, 0.1) is 16.9 Å². The quantitative estimate of drug-likeness (QED) is 0.643. The van der Waals surface area contributed by atoms with E-state index in [1.54, 1.807) is 23.1 Å². The minimum Gasteiger partial charge on any atom is -0.481 e. The van der Waals surface area contributed by atoms with Crippen molar-refractivity contribution >= 4 is 52.2 Å². The molecule has 10 heteroatoms. The molecule has 7 nitrogen and oxygen atoms in total. The van der Waals surface area contributed by atoms with Crippen molar-refractivity contribution in [2.24, 2.45) is 29.6 Å². The van der Waals surface area contributed by atoms with Gasteiger partial charge in [-0.1, -0.05) is 17.4 Å². The molecule has 162 valence electrons. The highest BCUT2D eigenvalue weighted by Gasteiger charge is 2.69. The number of hydrogen-bond acceptors (Lipinski definition) is 7. The second kappa shape index (κ2) is 7.05. The van der Waals surface area contributed by atoms with E-state index in [0.717, 1.165) is 16.3 Å². The number of hydrogen-bond donors (Lipinski definition) is 2. The van der Waals surface area contributed by atoms with Gasteiger partial charge in [-0.15, -0.1) is 23.1 Å². The van der Waals surface area contributed by atoms with Crippen molar-refractivity contribution in [1.82, 2.24) is 9.88 Å². The van der Waals surface area contributed by atoms with Crippen LogP contribution in [0.25, 0.3) is 0 Å². The van der Waals surface area contributed by atoms with Crippen LogP contribution in [-0.4, -0.2) is 44.6 Å². The molecule has 1 saturated heterocycles. The molecule has 2 aliphatic heterocycles. The van der Waals surface area contributed by atoms with Crippen molar-refractivity contribution in [1.29, 1.82) is 0 Å². The van der Waals surface area contributed by atoms with Crippen LogP contribution in [0.1, 0.15) is 34.9 Å². The molecule has 2 saturated carbocycles. The number of thioether (sulfide) groups is 1. The van der Waals surface area contributed by atoms with Crippen molar-refractivity contribution in [3.8, 4) is 0 Å². The summed E-state index contributed by atoms with van der Waals surface area (Å²) in [7, 11) is 0. The first kappa shape index (κ1) is 19.8. The number of rotatable bonds is 5. The maximum absolute atomic E-state index is 13.3. The summed E-state index contributed by atoms with van der Waals surface area (Å²) >= 11 is 4.64. The standard InChI is InChI=1S/C21H20N2O5S3/c24-11(25)4-1-5-23-19(26)13-8-7-9(14(13)20(23)27)16-12(8)15(10-3-2-6-29-10)17-18(30-16)22-21(28)31-17/h2-3,6,8-9,12-16H,1,4-5,7H2,(H,22,28)(H,24,25)/t8-,9-,12-,13-,14+,15-,16-/m1/s1. The SMILES string of the molecule is O=C(O)CCCN1C(=O)[C@@H]2[C@@H]3C[C@@H]([C@H]4Sc5[nH]c(=O)sc5[C@H](c5cccs5)[C@@H]34)[C@@H]2C1=O. The Kier molecular flexibility index (Phi) is 4.49. The number of imide groups is 1. The van der Waals surface area contributed by atoms with Crippen molar-refractivity contribution in [2.75, 3.05) is 6.54 Å². The minimum absolute atomic E-state index is 0.0473. The summed E-state index contributed by atoms with van der Waals surface area (Å²) in [4.78, 5) is 56.0. The normalized spacial score (nSPS) is 35.4. The molecule has 2 amide bonds. The molecule has 2 bridgehead atoms. The fraction of sp³-hybridized carbons (Fsp3) is 0.524. The second-order valence-corrected chi connectivity index (χ2v) is 12.0. The Morgan fingerprint density at radius 3 is 2.68 bits per heavy atom. The molecule has 2 aromatic rings. The Hall–Kier alpha value is -1.91. The third-order valence-corrected chi connectivity index (χ3v) is 11.0. The van der Waals surface area contributed by atoms with Crippen LogP contribution in [0, 0.1) is 29.6 Å². The predicted molar refractivity (Wildman–Crippen MR) is 116 cm³/mol. The number of amides is 2. The van der Waals surface area contributed by atoms with Crippen molar-refractivity contribution in [3.63, 3.8) is 0 Å². The van der Waals surface area contributed by atoms with Gasteiger partial charge in [0.25, 0.3) is 0 Å². The highest BCUT2D eigenvalue weighted by molar-refractivity contribution is 8.00. The maximum atomic E-state index is 13.3. The number of carboxylic acids is 1. The Morgan fingerprint density at radius 2 is 1.97 bits per heavy atom. The van der Waals surface area contributed by atoms with Crippen molar-refractivity contribution in [2.45, 2.75) is 35.5 Å². The number of nitrogens with zero attached hydrogens (tertiary/aromatic N) is 1. The van der Waals surface area contributed by atoms with Crippen molar-refractivity contribution < 1.29 is 19.5 Å². The number of nitrogens with one attached hydrogen (secondary N) is 1. The summed E-state index contributed by atoms with van der Waals surface area (Å²) in [5.74, 6) is -1.21. The van der Waals surface area contributed by atoms with E-state index in [-0.39, 0.29) is 70.4 Å². The van der Waals surface area contributed by atoms with Crippen LogP contribution in [0.5, 0.6) is 0 Å². The van der Waals surface area contributed by atoms with Crippen LogP contribution in [0.2, 0.25) is 0 Å². The number of carboxylic acid groups (broad SMARTS) is 1. The largest absolute Gasteiger partial charge is 0.481 e. The maximum Gasteiger partial charge on any atom is 0.305 e. The predicted octanol–water partition coefficient (Wildman–Crippen LogP) is 2.84. The molecule has 2 N–H and O–H groups in total. The zero-order valence-corrected chi connectivity index (χ0v) is 18.8. The summed E-state index contributed by atoms with van der Waals surface area (Å²) in [6.07, 6.45) is 1.12. The van der Waals surface area contributed by atoms with E-state index in [1.807, 2.05) is 11.4 Å². The number of carbonyl (C=O) groups excluding carboxylic acids is 2. The molecule has 31 heavy (non-hydrogen) atoms. The Morgan fingerprint density at radius 1 is 1.19 bits per heavy atom. The summed E-state index contributed by atoms with van der Waals surface area (Å²) in [6, 6.07) is 4.13. The number of aromatic amines is 1. The van der Waals surface area contributed by atoms with Gasteiger partial charge in [0.1, 0.15) is 0 Å². The first-order valence-electron chi connectivity index (χ1n) is 10.5. The third kappa shape index (κ3) is 2.77. The van der Waals surface area contributed by atoms with Gasteiger partial charge in [0.2, 0.25) is 11.8 Å². The zero-order chi connectivity index (χ0) is 21.4. The number of carbonyl (C=O) groups is 3. The Labute approximate surface area is 189 Å². The summed E-state index contributed by atoms with van der Waals surface area (Å²) in [6.45, 7) is 0.188. The summed E-state index contributed by atoms with van der Waals surface area (Å²) in [5, 5.41) is 12.1.